The van der Waals surface area contributed by atoms with Gasteiger partial charge in [-0.1, -0.05) is 31.2 Å². The highest BCUT2D eigenvalue weighted by molar-refractivity contribution is 5.45. The van der Waals surface area contributed by atoms with Crippen molar-refractivity contribution in [3.05, 3.63) is 59.6 Å². The van der Waals surface area contributed by atoms with Crippen molar-refractivity contribution in [1.82, 2.24) is 19.7 Å². The van der Waals surface area contributed by atoms with Gasteiger partial charge in [0.1, 0.15) is 5.82 Å². The molecule has 6 heteroatoms. The van der Waals surface area contributed by atoms with E-state index >= 15 is 0 Å². The second-order valence-corrected chi connectivity index (χ2v) is 6.27. The van der Waals surface area contributed by atoms with Gasteiger partial charge in [0.15, 0.2) is 5.76 Å². The van der Waals surface area contributed by atoms with Crippen molar-refractivity contribution in [3.8, 4) is 11.6 Å². The van der Waals surface area contributed by atoms with Crippen LogP contribution in [0.1, 0.15) is 29.9 Å². The van der Waals surface area contributed by atoms with Crippen molar-refractivity contribution in [3.63, 3.8) is 0 Å². The predicted octanol–water partition coefficient (Wildman–Crippen LogP) is 2.65. The van der Waals surface area contributed by atoms with E-state index in [2.05, 4.69) is 41.2 Å². The molecule has 1 N–H and O–H groups in total. The third kappa shape index (κ3) is 2.99. The number of fused-ring (bicyclic) bond motifs is 1. The van der Waals surface area contributed by atoms with Gasteiger partial charge in [-0.25, -0.2) is 9.67 Å². The van der Waals surface area contributed by atoms with E-state index < -0.39 is 0 Å². The summed E-state index contributed by atoms with van der Waals surface area (Å²) in [5.41, 5.74) is 2.73. The highest BCUT2D eigenvalue weighted by Gasteiger charge is 2.31. The molecule has 0 saturated carbocycles. The van der Waals surface area contributed by atoms with Gasteiger partial charge in [-0.2, -0.15) is 0 Å². The third-order valence-electron chi connectivity index (χ3n) is 4.80. The second-order valence-electron chi connectivity index (χ2n) is 6.27. The number of aliphatic hydroxyl groups is 1. The van der Waals surface area contributed by atoms with Crippen LogP contribution in [0.5, 0.6) is 0 Å². The van der Waals surface area contributed by atoms with Crippen molar-refractivity contribution in [2.75, 3.05) is 13.2 Å². The molecular formula is C19H22N4O2. The number of likely N-dealkylation sites (N-methyl/N-ethyl adjacent to an activating group) is 1. The number of benzene rings is 1. The maximum absolute atomic E-state index is 9.44. The SMILES string of the molecule is CCN1Cc2ccccc2CC1c1nc(-c2ccco2)nn1CCO. The fraction of sp³-hybridized carbons (Fsp3) is 0.368. The van der Waals surface area contributed by atoms with Gasteiger partial charge in [0.05, 0.1) is 25.5 Å². The molecular weight excluding hydrogens is 316 g/mol. The first-order chi connectivity index (χ1) is 12.3. The smallest absolute Gasteiger partial charge is 0.217 e. The van der Waals surface area contributed by atoms with E-state index in [-0.39, 0.29) is 12.6 Å². The summed E-state index contributed by atoms with van der Waals surface area (Å²) in [6, 6.07) is 12.4. The molecule has 1 aliphatic rings. The molecule has 6 nitrogen and oxygen atoms in total. The Morgan fingerprint density at radius 3 is 2.76 bits per heavy atom. The molecule has 0 fully saturated rings. The van der Waals surface area contributed by atoms with Crippen molar-refractivity contribution in [2.45, 2.75) is 32.5 Å². The van der Waals surface area contributed by atoms with E-state index in [0.717, 1.165) is 25.3 Å². The molecule has 1 unspecified atom stereocenters. The van der Waals surface area contributed by atoms with Crippen LogP contribution >= 0.6 is 0 Å². The first kappa shape index (κ1) is 16.1. The largest absolute Gasteiger partial charge is 0.461 e. The molecule has 25 heavy (non-hydrogen) atoms. The zero-order valence-electron chi connectivity index (χ0n) is 14.3. The van der Waals surface area contributed by atoms with Crippen LogP contribution in [0.15, 0.2) is 47.1 Å². The average Bonchev–Trinajstić information content (AvgIpc) is 3.30. The quantitative estimate of drug-likeness (QED) is 0.775. The van der Waals surface area contributed by atoms with Gasteiger partial charge in [0.2, 0.25) is 5.82 Å². The molecule has 0 radical (unpaired) electrons. The van der Waals surface area contributed by atoms with E-state index in [1.54, 1.807) is 6.26 Å². The van der Waals surface area contributed by atoms with Crippen LogP contribution in [0, 0.1) is 0 Å². The summed E-state index contributed by atoms with van der Waals surface area (Å²) in [4.78, 5) is 7.18. The summed E-state index contributed by atoms with van der Waals surface area (Å²) in [6.45, 7) is 4.46. The summed E-state index contributed by atoms with van der Waals surface area (Å²) in [5.74, 6) is 2.11. The van der Waals surface area contributed by atoms with Gasteiger partial charge in [-0.15, -0.1) is 5.10 Å². The van der Waals surface area contributed by atoms with Gasteiger partial charge < -0.3 is 9.52 Å². The lowest BCUT2D eigenvalue weighted by atomic mass is 9.93. The first-order valence-corrected chi connectivity index (χ1v) is 8.70. The van der Waals surface area contributed by atoms with E-state index in [0.29, 0.717) is 18.1 Å². The summed E-state index contributed by atoms with van der Waals surface area (Å²) in [6.07, 6.45) is 2.52. The van der Waals surface area contributed by atoms with Gasteiger partial charge >= 0.3 is 0 Å². The number of aromatic nitrogens is 3. The number of hydrogen-bond donors (Lipinski definition) is 1. The Kier molecular flexibility index (Phi) is 4.38. The topological polar surface area (TPSA) is 67.3 Å². The molecule has 2 aromatic heterocycles. The lowest BCUT2D eigenvalue weighted by Gasteiger charge is -2.35. The summed E-state index contributed by atoms with van der Waals surface area (Å²) in [5, 5.41) is 14.0. The molecule has 0 saturated heterocycles. The minimum atomic E-state index is 0.0311. The molecule has 1 aliphatic heterocycles. The van der Waals surface area contributed by atoms with E-state index in [1.807, 2.05) is 16.8 Å². The van der Waals surface area contributed by atoms with Crippen LogP contribution in [0.4, 0.5) is 0 Å². The van der Waals surface area contributed by atoms with Gasteiger partial charge in [0, 0.05) is 6.54 Å². The molecule has 1 atom stereocenters. The van der Waals surface area contributed by atoms with Crippen LogP contribution in [-0.2, 0) is 19.5 Å². The Morgan fingerprint density at radius 1 is 1.20 bits per heavy atom. The monoisotopic (exact) mass is 338 g/mol. The van der Waals surface area contributed by atoms with Crippen LogP contribution in [0.25, 0.3) is 11.6 Å². The molecule has 4 rings (SSSR count). The normalized spacial score (nSPS) is 17.6. The van der Waals surface area contributed by atoms with Gasteiger partial charge in [-0.3, -0.25) is 4.90 Å². The van der Waals surface area contributed by atoms with Crippen molar-refractivity contribution < 1.29 is 9.52 Å². The number of rotatable bonds is 5. The number of nitrogens with zero attached hydrogens (tertiary/aromatic N) is 4. The lowest BCUT2D eigenvalue weighted by Crippen LogP contribution is -2.36. The Bertz CT molecular complexity index is 841. The lowest BCUT2D eigenvalue weighted by molar-refractivity contribution is 0.166. The second kappa shape index (κ2) is 6.82. The fourth-order valence-electron chi connectivity index (χ4n) is 3.53. The number of hydrogen-bond acceptors (Lipinski definition) is 5. The summed E-state index contributed by atoms with van der Waals surface area (Å²) < 4.78 is 7.27. The fourth-order valence-corrected chi connectivity index (χ4v) is 3.53. The Balaban J connectivity index is 1.74. The Labute approximate surface area is 146 Å². The zero-order chi connectivity index (χ0) is 17.2. The third-order valence-corrected chi connectivity index (χ3v) is 4.80. The van der Waals surface area contributed by atoms with Crippen LogP contribution in [-0.4, -0.2) is 37.9 Å². The van der Waals surface area contributed by atoms with Crippen LogP contribution in [0.2, 0.25) is 0 Å². The van der Waals surface area contributed by atoms with E-state index in [9.17, 15) is 5.11 Å². The molecule has 3 heterocycles. The average molecular weight is 338 g/mol. The minimum Gasteiger partial charge on any atom is -0.461 e. The maximum atomic E-state index is 9.44. The van der Waals surface area contributed by atoms with Crippen molar-refractivity contribution in [2.24, 2.45) is 0 Å². The summed E-state index contributed by atoms with van der Waals surface area (Å²) >= 11 is 0. The molecule has 1 aromatic carbocycles. The first-order valence-electron chi connectivity index (χ1n) is 8.70. The number of furan rings is 1. The maximum Gasteiger partial charge on any atom is 0.217 e. The van der Waals surface area contributed by atoms with E-state index in [1.165, 1.54) is 11.1 Å². The molecule has 3 aromatic rings. The van der Waals surface area contributed by atoms with Gasteiger partial charge in [0.25, 0.3) is 0 Å². The summed E-state index contributed by atoms with van der Waals surface area (Å²) in [7, 11) is 0. The van der Waals surface area contributed by atoms with E-state index in [4.69, 9.17) is 9.40 Å². The predicted molar refractivity (Wildman–Crippen MR) is 93.8 cm³/mol. The van der Waals surface area contributed by atoms with Crippen molar-refractivity contribution in [1.29, 1.82) is 0 Å². The number of aliphatic hydroxyl groups excluding tert-OH is 1. The highest BCUT2D eigenvalue weighted by Crippen LogP contribution is 2.33. The minimum absolute atomic E-state index is 0.0311. The molecule has 130 valence electrons. The molecule has 0 bridgehead atoms. The van der Waals surface area contributed by atoms with Crippen LogP contribution in [0.3, 0.4) is 0 Å². The van der Waals surface area contributed by atoms with Crippen LogP contribution < -0.4 is 0 Å². The Morgan fingerprint density at radius 2 is 2.04 bits per heavy atom. The standard InChI is InChI=1S/C19H22N4O2/c1-2-22-13-15-7-4-3-6-14(15)12-16(22)19-20-18(17-8-5-11-25-17)21-23(19)9-10-24/h3-8,11,16,24H,2,9-10,12-13H2,1H3. The Hall–Kier alpha value is -2.44. The molecule has 0 spiro atoms. The zero-order valence-corrected chi connectivity index (χ0v) is 14.3. The molecule has 0 aliphatic carbocycles. The highest BCUT2D eigenvalue weighted by atomic mass is 16.3. The van der Waals surface area contributed by atoms with Crippen molar-refractivity contribution >= 4 is 0 Å². The molecule has 0 amide bonds. The van der Waals surface area contributed by atoms with Gasteiger partial charge in [-0.05, 0) is 36.2 Å².